The quantitative estimate of drug-likeness (QED) is 0.785. The van der Waals surface area contributed by atoms with Crippen LogP contribution in [0.25, 0.3) is 0 Å². The van der Waals surface area contributed by atoms with Gasteiger partial charge >= 0.3 is 10.2 Å². The molecule has 2 rings (SSSR count). The van der Waals surface area contributed by atoms with Crippen molar-refractivity contribution in [2.24, 2.45) is 0 Å². The summed E-state index contributed by atoms with van der Waals surface area (Å²) in [6, 6.07) is 8.62. The zero-order valence-electron chi connectivity index (χ0n) is 8.75. The van der Waals surface area contributed by atoms with E-state index in [9.17, 15) is 13.2 Å². The molecule has 0 aromatic heterocycles. The molecule has 5 nitrogen and oxygen atoms in total. The number of carbonyl (C=O) groups is 1. The molecule has 6 heteroatoms. The van der Waals surface area contributed by atoms with Crippen molar-refractivity contribution in [3.8, 4) is 0 Å². The third-order valence-electron chi connectivity index (χ3n) is 2.54. The van der Waals surface area contributed by atoms with Crippen LogP contribution in [0.15, 0.2) is 30.3 Å². The first-order chi connectivity index (χ1) is 7.50. The normalized spacial score (nSPS) is 23.7. The predicted molar refractivity (Wildman–Crippen MR) is 58.8 cm³/mol. The molecule has 1 aliphatic heterocycles. The Bertz CT molecular complexity index is 498. The molecule has 1 heterocycles. The second-order valence-electron chi connectivity index (χ2n) is 3.67. The third-order valence-corrected chi connectivity index (χ3v) is 4.03. The van der Waals surface area contributed by atoms with Crippen LogP contribution >= 0.6 is 0 Å². The third kappa shape index (κ3) is 1.94. The molecular weight excluding hydrogens is 228 g/mol. The van der Waals surface area contributed by atoms with Gasteiger partial charge in [-0.1, -0.05) is 30.3 Å². The summed E-state index contributed by atoms with van der Waals surface area (Å²) in [4.78, 5) is 11.6. The van der Waals surface area contributed by atoms with Crippen LogP contribution in [0, 0.1) is 0 Å². The topological polar surface area (TPSA) is 66.5 Å². The lowest BCUT2D eigenvalue weighted by Crippen LogP contribution is -2.31. The van der Waals surface area contributed by atoms with Crippen molar-refractivity contribution < 1.29 is 13.2 Å². The van der Waals surface area contributed by atoms with Crippen LogP contribution in [0.1, 0.15) is 5.56 Å². The molecule has 0 aliphatic carbocycles. The molecule has 1 N–H and O–H groups in total. The van der Waals surface area contributed by atoms with Gasteiger partial charge in [-0.2, -0.15) is 13.1 Å². The first-order valence-corrected chi connectivity index (χ1v) is 6.28. The summed E-state index contributed by atoms with van der Waals surface area (Å²) in [5.74, 6) is -0.413. The number of hydrogen-bond acceptors (Lipinski definition) is 3. The number of nitrogens with one attached hydrogen (secondary N) is 1. The molecule has 1 aliphatic rings. The Morgan fingerprint density at radius 3 is 2.44 bits per heavy atom. The van der Waals surface area contributed by atoms with Crippen LogP contribution in [0.2, 0.25) is 0 Å². The highest BCUT2D eigenvalue weighted by atomic mass is 32.2. The van der Waals surface area contributed by atoms with E-state index in [0.717, 1.165) is 9.87 Å². The zero-order valence-corrected chi connectivity index (χ0v) is 9.57. The molecule has 1 amide bonds. The lowest BCUT2D eigenvalue weighted by molar-refractivity contribution is -0.125. The van der Waals surface area contributed by atoms with Crippen LogP contribution in [-0.4, -0.2) is 31.7 Å². The maximum atomic E-state index is 11.6. The van der Waals surface area contributed by atoms with Gasteiger partial charge in [0.05, 0.1) is 0 Å². The summed E-state index contributed by atoms with van der Waals surface area (Å²) in [5.41, 5.74) is 0.929. The number of hydrogen-bond donors (Lipinski definition) is 1. The Morgan fingerprint density at radius 2 is 1.94 bits per heavy atom. The Morgan fingerprint density at radius 1 is 1.31 bits per heavy atom. The molecule has 0 saturated carbocycles. The lowest BCUT2D eigenvalue weighted by atomic mass is 10.1. The van der Waals surface area contributed by atoms with E-state index in [1.165, 1.54) is 7.05 Å². The van der Waals surface area contributed by atoms with Gasteiger partial charge < -0.3 is 0 Å². The second-order valence-corrected chi connectivity index (χ2v) is 5.40. The molecule has 0 spiro atoms. The first-order valence-electron chi connectivity index (χ1n) is 4.84. The van der Waals surface area contributed by atoms with E-state index >= 15 is 0 Å². The van der Waals surface area contributed by atoms with E-state index in [4.69, 9.17) is 0 Å². The summed E-state index contributed by atoms with van der Waals surface area (Å²) in [6.45, 7) is 0. The van der Waals surface area contributed by atoms with Crippen molar-refractivity contribution in [1.82, 2.24) is 9.03 Å². The van der Waals surface area contributed by atoms with Crippen molar-refractivity contribution in [3.05, 3.63) is 35.9 Å². The molecule has 1 saturated heterocycles. The zero-order chi connectivity index (χ0) is 11.8. The number of nitrogens with zero attached hydrogens (tertiary/aromatic N) is 1. The molecule has 0 radical (unpaired) electrons. The number of carbonyl (C=O) groups excluding carboxylic acids is 1. The van der Waals surface area contributed by atoms with Gasteiger partial charge in [0.15, 0.2) is 0 Å². The lowest BCUT2D eigenvalue weighted by Gasteiger charge is -2.06. The van der Waals surface area contributed by atoms with E-state index in [1.54, 1.807) is 0 Å². The SMILES string of the molecule is CN1C(=O)[C@H](Cc2ccccc2)NS1(=O)=O. The van der Waals surface area contributed by atoms with Crippen LogP contribution in [-0.2, 0) is 21.4 Å². The summed E-state index contributed by atoms with van der Waals surface area (Å²) >= 11 is 0. The second kappa shape index (κ2) is 3.88. The summed E-state index contributed by atoms with van der Waals surface area (Å²) in [6.07, 6.45) is 0.378. The summed E-state index contributed by atoms with van der Waals surface area (Å²) in [7, 11) is -2.35. The van der Waals surface area contributed by atoms with Crippen molar-refractivity contribution in [1.29, 1.82) is 0 Å². The standard InChI is InChI=1S/C10H12N2O3S/c1-12-10(13)9(11-16(12,14)15)7-8-5-3-2-4-6-8/h2-6,9,11H,7H2,1H3/t9-/m0/s1. The highest BCUT2D eigenvalue weighted by Crippen LogP contribution is 2.13. The van der Waals surface area contributed by atoms with Gasteiger partial charge in [0.25, 0.3) is 5.91 Å². The summed E-state index contributed by atoms with van der Waals surface area (Å²) < 4.78 is 25.8. The molecule has 0 unspecified atom stereocenters. The summed E-state index contributed by atoms with van der Waals surface area (Å²) in [5, 5.41) is 0. The first kappa shape index (κ1) is 11.1. The molecular formula is C10H12N2O3S. The van der Waals surface area contributed by atoms with Gasteiger partial charge in [0.2, 0.25) is 0 Å². The number of amides is 1. The average Bonchev–Trinajstić information content (AvgIpc) is 2.44. The molecule has 16 heavy (non-hydrogen) atoms. The highest BCUT2D eigenvalue weighted by molar-refractivity contribution is 7.88. The Labute approximate surface area is 94.3 Å². The minimum absolute atomic E-state index is 0.378. The van der Waals surface area contributed by atoms with Crippen molar-refractivity contribution in [2.75, 3.05) is 7.05 Å². The van der Waals surface area contributed by atoms with Crippen molar-refractivity contribution in [2.45, 2.75) is 12.5 Å². The van der Waals surface area contributed by atoms with Crippen molar-refractivity contribution in [3.63, 3.8) is 0 Å². The van der Waals surface area contributed by atoms with E-state index in [0.29, 0.717) is 6.42 Å². The van der Waals surface area contributed by atoms with Gasteiger partial charge in [-0.05, 0) is 12.0 Å². The smallest absolute Gasteiger partial charge is 0.272 e. The number of likely N-dealkylation sites (N-methyl/N-ethyl adjacent to an activating group) is 1. The van der Waals surface area contributed by atoms with Gasteiger partial charge in [-0.25, -0.2) is 4.31 Å². The Hall–Kier alpha value is -1.40. The minimum Gasteiger partial charge on any atom is -0.272 e. The van der Waals surface area contributed by atoms with Crippen LogP contribution in [0.5, 0.6) is 0 Å². The van der Waals surface area contributed by atoms with Crippen LogP contribution < -0.4 is 4.72 Å². The molecule has 1 fully saturated rings. The maximum absolute atomic E-state index is 11.6. The maximum Gasteiger partial charge on any atom is 0.304 e. The van der Waals surface area contributed by atoms with Crippen LogP contribution in [0.4, 0.5) is 0 Å². The fourth-order valence-corrected chi connectivity index (χ4v) is 2.69. The van der Waals surface area contributed by atoms with Gasteiger partial charge in [0.1, 0.15) is 6.04 Å². The monoisotopic (exact) mass is 240 g/mol. The fourth-order valence-electron chi connectivity index (χ4n) is 1.63. The number of rotatable bonds is 2. The van der Waals surface area contributed by atoms with Crippen molar-refractivity contribution >= 4 is 16.1 Å². The predicted octanol–water partition coefficient (Wildman–Crippen LogP) is -0.0959. The Balaban J connectivity index is 2.17. The number of benzene rings is 1. The van der Waals surface area contributed by atoms with Gasteiger partial charge in [-0.15, -0.1) is 0 Å². The van der Waals surface area contributed by atoms with E-state index in [1.807, 2.05) is 30.3 Å². The van der Waals surface area contributed by atoms with E-state index in [-0.39, 0.29) is 0 Å². The van der Waals surface area contributed by atoms with E-state index in [2.05, 4.69) is 4.72 Å². The van der Waals surface area contributed by atoms with Crippen LogP contribution in [0.3, 0.4) is 0 Å². The molecule has 1 atom stereocenters. The van der Waals surface area contributed by atoms with Gasteiger partial charge in [0, 0.05) is 7.05 Å². The Kier molecular flexibility index (Phi) is 2.69. The molecule has 86 valence electrons. The average molecular weight is 240 g/mol. The molecule has 1 aromatic rings. The molecule has 0 bridgehead atoms. The highest BCUT2D eigenvalue weighted by Gasteiger charge is 2.39. The fraction of sp³-hybridized carbons (Fsp3) is 0.300. The largest absolute Gasteiger partial charge is 0.304 e. The molecule has 1 aromatic carbocycles. The van der Waals surface area contributed by atoms with E-state index < -0.39 is 22.2 Å². The van der Waals surface area contributed by atoms with Gasteiger partial charge in [-0.3, -0.25) is 4.79 Å². The minimum atomic E-state index is -3.61.